The van der Waals surface area contributed by atoms with E-state index in [4.69, 9.17) is 15.5 Å². The van der Waals surface area contributed by atoms with Crippen molar-refractivity contribution in [3.63, 3.8) is 0 Å². The van der Waals surface area contributed by atoms with Crippen molar-refractivity contribution in [2.45, 2.75) is 24.2 Å². The van der Waals surface area contributed by atoms with Gasteiger partial charge in [-0.05, 0) is 18.4 Å². The first-order chi connectivity index (χ1) is 11.6. The van der Waals surface area contributed by atoms with E-state index in [9.17, 15) is 0 Å². The van der Waals surface area contributed by atoms with E-state index in [1.165, 1.54) is 0 Å². The first kappa shape index (κ1) is 14.0. The zero-order valence-electron chi connectivity index (χ0n) is 13.4. The maximum Gasteiger partial charge on any atom is 0.216 e. The van der Waals surface area contributed by atoms with Gasteiger partial charge in [-0.2, -0.15) is 0 Å². The Labute approximate surface area is 140 Å². The number of hydrogen-bond donors (Lipinski definition) is 2. The molecule has 1 saturated heterocycles. The third-order valence-corrected chi connectivity index (χ3v) is 5.52. The van der Waals surface area contributed by atoms with E-state index in [2.05, 4.69) is 41.7 Å². The standard InChI is InChI=1S/C20H19N3O/c1-19(21)15-8-4-5-9-16(15)23-20(19)12-22-18-14-7-3-2-6-13(14)10-11-17(18)24-20/h2-12,15-16,23H,21H2,1H3. The Balaban J connectivity index is 1.64. The predicted molar refractivity (Wildman–Crippen MR) is 96.7 cm³/mol. The van der Waals surface area contributed by atoms with Crippen LogP contribution in [0.5, 0.6) is 5.75 Å². The van der Waals surface area contributed by atoms with Gasteiger partial charge in [0.1, 0.15) is 11.4 Å². The molecular formula is C20H19N3O. The average Bonchev–Trinajstić information content (AvgIpc) is 2.82. The van der Waals surface area contributed by atoms with Crippen LogP contribution in [0.1, 0.15) is 6.92 Å². The summed E-state index contributed by atoms with van der Waals surface area (Å²) in [6, 6.07) is 12.4. The van der Waals surface area contributed by atoms with Crippen LogP contribution in [0, 0.1) is 5.92 Å². The fraction of sp³-hybridized carbons (Fsp3) is 0.250. The lowest BCUT2D eigenvalue weighted by Crippen LogP contribution is -2.67. The van der Waals surface area contributed by atoms with Gasteiger partial charge in [-0.1, -0.05) is 54.6 Å². The van der Waals surface area contributed by atoms with E-state index in [-0.39, 0.29) is 12.0 Å². The van der Waals surface area contributed by atoms with Gasteiger partial charge in [0.2, 0.25) is 5.72 Å². The summed E-state index contributed by atoms with van der Waals surface area (Å²) in [4.78, 5) is 4.77. The molecule has 24 heavy (non-hydrogen) atoms. The number of allylic oxidation sites excluding steroid dienone is 2. The van der Waals surface area contributed by atoms with E-state index in [0.29, 0.717) is 0 Å². The number of aliphatic imine (C=N–C) groups is 1. The predicted octanol–water partition coefficient (Wildman–Crippen LogP) is 3.06. The number of nitrogens with zero attached hydrogens (tertiary/aromatic N) is 1. The molecule has 2 aromatic carbocycles. The number of rotatable bonds is 0. The van der Waals surface area contributed by atoms with Gasteiger partial charge >= 0.3 is 0 Å². The van der Waals surface area contributed by atoms with Crippen LogP contribution in [-0.2, 0) is 0 Å². The van der Waals surface area contributed by atoms with Crippen LogP contribution in [0.4, 0.5) is 5.69 Å². The van der Waals surface area contributed by atoms with Crippen molar-refractivity contribution in [1.29, 1.82) is 0 Å². The minimum Gasteiger partial charge on any atom is -0.463 e. The van der Waals surface area contributed by atoms with Crippen LogP contribution in [0.25, 0.3) is 10.8 Å². The molecule has 1 spiro atoms. The molecule has 2 aliphatic heterocycles. The Morgan fingerprint density at radius 3 is 2.83 bits per heavy atom. The molecule has 0 bridgehead atoms. The van der Waals surface area contributed by atoms with Crippen molar-refractivity contribution in [1.82, 2.24) is 5.32 Å². The summed E-state index contributed by atoms with van der Waals surface area (Å²) in [7, 11) is 0. The van der Waals surface area contributed by atoms with Crippen LogP contribution in [0.2, 0.25) is 0 Å². The Hall–Kier alpha value is -2.43. The summed E-state index contributed by atoms with van der Waals surface area (Å²) in [6.45, 7) is 2.03. The number of benzene rings is 2. The monoisotopic (exact) mass is 317 g/mol. The highest BCUT2D eigenvalue weighted by molar-refractivity contribution is 5.98. The van der Waals surface area contributed by atoms with Gasteiger partial charge in [-0.25, -0.2) is 0 Å². The molecule has 1 fully saturated rings. The molecule has 5 rings (SSSR count). The topological polar surface area (TPSA) is 59.6 Å². The summed E-state index contributed by atoms with van der Waals surface area (Å²) < 4.78 is 6.44. The van der Waals surface area contributed by atoms with Gasteiger partial charge in [-0.15, -0.1) is 0 Å². The maximum atomic E-state index is 6.75. The van der Waals surface area contributed by atoms with Gasteiger partial charge in [0.25, 0.3) is 0 Å². The van der Waals surface area contributed by atoms with Crippen molar-refractivity contribution >= 4 is 22.7 Å². The summed E-state index contributed by atoms with van der Waals surface area (Å²) in [5.74, 6) is 0.933. The van der Waals surface area contributed by atoms with Gasteiger partial charge < -0.3 is 10.5 Å². The number of nitrogens with one attached hydrogen (secondary N) is 1. The van der Waals surface area contributed by atoms with Crippen LogP contribution in [-0.4, -0.2) is 23.5 Å². The molecule has 2 aromatic rings. The summed E-state index contributed by atoms with van der Waals surface area (Å²) in [5.41, 5.74) is 6.21. The smallest absolute Gasteiger partial charge is 0.216 e. The van der Waals surface area contributed by atoms with Crippen molar-refractivity contribution in [3.05, 3.63) is 60.7 Å². The molecule has 4 heteroatoms. The Morgan fingerprint density at radius 2 is 1.96 bits per heavy atom. The number of hydrogen-bond acceptors (Lipinski definition) is 4. The minimum absolute atomic E-state index is 0.151. The van der Waals surface area contributed by atoms with E-state index in [1.807, 2.05) is 37.4 Å². The summed E-state index contributed by atoms with van der Waals surface area (Å²) in [5, 5.41) is 5.80. The minimum atomic E-state index is -0.809. The quantitative estimate of drug-likeness (QED) is 0.785. The third kappa shape index (κ3) is 1.67. The van der Waals surface area contributed by atoms with Crippen molar-refractivity contribution < 1.29 is 4.74 Å². The number of fused-ring (bicyclic) bond motifs is 4. The lowest BCUT2D eigenvalue weighted by atomic mass is 9.78. The number of ether oxygens (including phenoxy) is 1. The summed E-state index contributed by atoms with van der Waals surface area (Å²) >= 11 is 0. The summed E-state index contributed by atoms with van der Waals surface area (Å²) in [6.07, 6.45) is 10.2. The van der Waals surface area contributed by atoms with Crippen LogP contribution in [0.3, 0.4) is 0 Å². The second-order valence-electron chi connectivity index (χ2n) is 6.98. The van der Waals surface area contributed by atoms with E-state index in [0.717, 1.165) is 22.2 Å². The van der Waals surface area contributed by atoms with E-state index in [1.54, 1.807) is 0 Å². The van der Waals surface area contributed by atoms with Crippen LogP contribution < -0.4 is 15.8 Å². The second kappa shape index (κ2) is 4.56. The normalized spacial score (nSPS) is 35.9. The second-order valence-corrected chi connectivity index (χ2v) is 6.98. The first-order valence-electron chi connectivity index (χ1n) is 8.28. The average molecular weight is 317 g/mol. The Morgan fingerprint density at radius 1 is 1.12 bits per heavy atom. The molecule has 120 valence electrons. The lowest BCUT2D eigenvalue weighted by molar-refractivity contribution is 0.0610. The Kier molecular flexibility index (Phi) is 2.65. The lowest BCUT2D eigenvalue weighted by Gasteiger charge is -2.41. The fourth-order valence-corrected chi connectivity index (χ4v) is 4.09. The van der Waals surface area contributed by atoms with Gasteiger partial charge in [0.05, 0.1) is 11.8 Å². The Bertz CT molecular complexity index is 928. The molecule has 3 N–H and O–H groups in total. The highest BCUT2D eigenvalue weighted by Crippen LogP contribution is 2.46. The zero-order valence-corrected chi connectivity index (χ0v) is 13.4. The molecule has 0 saturated carbocycles. The highest BCUT2D eigenvalue weighted by atomic mass is 16.5. The molecule has 4 nitrogen and oxygen atoms in total. The number of nitrogens with two attached hydrogens (primary N) is 1. The maximum absolute atomic E-state index is 6.75. The van der Waals surface area contributed by atoms with E-state index >= 15 is 0 Å². The third-order valence-electron chi connectivity index (χ3n) is 5.52. The molecule has 2 heterocycles. The molecular weight excluding hydrogens is 298 g/mol. The molecule has 0 aromatic heterocycles. The van der Waals surface area contributed by atoms with Gasteiger partial charge in [-0.3, -0.25) is 10.3 Å². The van der Waals surface area contributed by atoms with Gasteiger partial charge in [0, 0.05) is 17.3 Å². The van der Waals surface area contributed by atoms with Gasteiger partial charge in [0.15, 0.2) is 0 Å². The fourth-order valence-electron chi connectivity index (χ4n) is 4.09. The zero-order chi connectivity index (χ0) is 16.4. The van der Waals surface area contributed by atoms with Crippen molar-refractivity contribution in [2.75, 3.05) is 0 Å². The first-order valence-corrected chi connectivity index (χ1v) is 8.28. The largest absolute Gasteiger partial charge is 0.463 e. The molecule has 4 unspecified atom stereocenters. The molecule has 3 aliphatic rings. The van der Waals surface area contributed by atoms with Crippen LogP contribution >= 0.6 is 0 Å². The van der Waals surface area contributed by atoms with Crippen molar-refractivity contribution in [3.8, 4) is 5.75 Å². The molecule has 0 amide bonds. The molecule has 4 atom stereocenters. The van der Waals surface area contributed by atoms with Crippen molar-refractivity contribution in [2.24, 2.45) is 16.6 Å². The molecule has 0 radical (unpaired) electrons. The van der Waals surface area contributed by atoms with Crippen LogP contribution in [0.15, 0.2) is 65.7 Å². The highest BCUT2D eigenvalue weighted by Gasteiger charge is 2.60. The molecule has 1 aliphatic carbocycles. The van der Waals surface area contributed by atoms with E-state index < -0.39 is 11.3 Å². The SMILES string of the molecule is CC1(N)C2C=CC=CC2NC12C=Nc1c(ccc3ccccc13)O2.